The summed E-state index contributed by atoms with van der Waals surface area (Å²) in [4.78, 5) is 15.3. The Labute approximate surface area is 359 Å². The van der Waals surface area contributed by atoms with Gasteiger partial charge in [-0.1, -0.05) is 134 Å². The molecular formula is C56H35N3O2S. The van der Waals surface area contributed by atoms with Crippen LogP contribution in [0.15, 0.2) is 191 Å². The molecule has 292 valence electrons. The summed E-state index contributed by atoms with van der Waals surface area (Å²) in [6, 6.07) is 59.3. The monoisotopic (exact) mass is 813 g/mol. The van der Waals surface area contributed by atoms with Crippen LogP contribution in [-0.2, 0) is 0 Å². The lowest BCUT2D eigenvalue weighted by Crippen LogP contribution is -2.24. The van der Waals surface area contributed by atoms with E-state index in [0.29, 0.717) is 22.9 Å². The second-order valence-corrected chi connectivity index (χ2v) is 16.6. The van der Waals surface area contributed by atoms with Gasteiger partial charge in [0.25, 0.3) is 0 Å². The van der Waals surface area contributed by atoms with Crippen molar-refractivity contribution >= 4 is 86.8 Å². The van der Waals surface area contributed by atoms with Crippen molar-refractivity contribution < 1.29 is 8.83 Å². The Kier molecular flexibility index (Phi) is 8.34. The highest BCUT2D eigenvalue weighted by atomic mass is 32.1. The Morgan fingerprint density at radius 2 is 1.19 bits per heavy atom. The van der Waals surface area contributed by atoms with E-state index < -0.39 is 0 Å². The van der Waals surface area contributed by atoms with Gasteiger partial charge in [0.15, 0.2) is 17.5 Å². The summed E-state index contributed by atoms with van der Waals surface area (Å²) < 4.78 is 15.7. The fourth-order valence-electron chi connectivity index (χ4n) is 8.89. The number of allylic oxidation sites excluding steroid dienone is 1. The average Bonchev–Trinajstić information content (AvgIpc) is 4.02. The largest absolute Gasteiger partial charge is 0.456 e. The number of fused-ring (bicyclic) bond motifs is 8. The molecule has 0 unspecified atom stereocenters. The minimum absolute atomic E-state index is 0.512. The van der Waals surface area contributed by atoms with E-state index in [4.69, 9.17) is 23.8 Å². The van der Waals surface area contributed by atoms with E-state index >= 15 is 0 Å². The molecule has 0 N–H and O–H groups in total. The molecule has 0 aliphatic carbocycles. The molecule has 0 radical (unpaired) electrons. The number of aromatic nitrogens is 3. The third-order valence-electron chi connectivity index (χ3n) is 11.9. The van der Waals surface area contributed by atoms with Gasteiger partial charge in [-0.3, -0.25) is 0 Å². The average molecular weight is 814 g/mol. The smallest absolute Gasteiger partial charge is 0.164 e. The molecule has 0 aliphatic rings. The molecular weight excluding hydrogens is 779 g/mol. The van der Waals surface area contributed by atoms with Crippen molar-refractivity contribution in [2.24, 2.45) is 0 Å². The van der Waals surface area contributed by atoms with Gasteiger partial charge in [-0.2, -0.15) is 0 Å². The Hall–Kier alpha value is -7.93. The molecule has 4 aromatic heterocycles. The fraction of sp³-hybridized carbons (Fsp3) is 0.0179. The van der Waals surface area contributed by atoms with Gasteiger partial charge < -0.3 is 8.83 Å². The summed E-state index contributed by atoms with van der Waals surface area (Å²) in [7, 11) is 0. The van der Waals surface area contributed by atoms with Crippen molar-refractivity contribution in [2.75, 3.05) is 0 Å². The number of furan rings is 2. The zero-order valence-electron chi connectivity index (χ0n) is 33.6. The van der Waals surface area contributed by atoms with Crippen molar-refractivity contribution in [2.45, 2.75) is 6.92 Å². The lowest BCUT2D eigenvalue weighted by atomic mass is 9.96. The first-order valence-electron chi connectivity index (χ1n) is 20.6. The maximum absolute atomic E-state index is 6.57. The molecule has 0 spiro atoms. The second kappa shape index (κ2) is 14.4. The molecule has 0 atom stereocenters. The third kappa shape index (κ3) is 5.87. The first kappa shape index (κ1) is 36.0. The lowest BCUT2D eigenvalue weighted by molar-refractivity contribution is 0.574. The van der Waals surface area contributed by atoms with Gasteiger partial charge >= 0.3 is 0 Å². The molecule has 0 aliphatic heterocycles. The maximum atomic E-state index is 6.57. The highest BCUT2D eigenvalue weighted by molar-refractivity contribution is 7.25. The molecule has 0 saturated heterocycles. The molecule has 12 aromatic rings. The van der Waals surface area contributed by atoms with Crippen molar-refractivity contribution in [3.8, 4) is 45.0 Å². The molecule has 0 amide bonds. The van der Waals surface area contributed by atoms with Crippen LogP contribution in [-0.4, -0.2) is 15.0 Å². The van der Waals surface area contributed by atoms with Crippen LogP contribution in [0.25, 0.3) is 121 Å². The quantitative estimate of drug-likeness (QED) is 0.167. The first-order chi connectivity index (χ1) is 30.6. The van der Waals surface area contributed by atoms with Crippen molar-refractivity contribution in [1.82, 2.24) is 15.0 Å². The highest BCUT2D eigenvalue weighted by Crippen LogP contribution is 2.41. The second-order valence-electron chi connectivity index (χ2n) is 15.5. The van der Waals surface area contributed by atoms with Gasteiger partial charge in [-0.25, -0.2) is 15.0 Å². The molecule has 8 aromatic carbocycles. The molecule has 6 heteroatoms. The summed E-state index contributed by atoms with van der Waals surface area (Å²) in [6.07, 6.45) is 3.82. The number of benzene rings is 8. The van der Waals surface area contributed by atoms with Crippen LogP contribution < -0.4 is 10.6 Å². The highest BCUT2D eigenvalue weighted by Gasteiger charge is 2.19. The topological polar surface area (TPSA) is 65.0 Å². The Bertz CT molecular complexity index is 3910. The van der Waals surface area contributed by atoms with Crippen molar-refractivity contribution in [3.63, 3.8) is 0 Å². The predicted octanol–water partition coefficient (Wildman–Crippen LogP) is 13.9. The molecule has 0 bridgehead atoms. The molecule has 5 nitrogen and oxygen atoms in total. The minimum atomic E-state index is 0.512. The first-order valence-corrected chi connectivity index (χ1v) is 21.5. The van der Waals surface area contributed by atoms with Crippen LogP contribution in [0.3, 0.4) is 0 Å². The summed E-state index contributed by atoms with van der Waals surface area (Å²) in [5.41, 5.74) is 10.1. The van der Waals surface area contributed by atoms with Crippen molar-refractivity contribution in [3.05, 3.63) is 199 Å². The maximum Gasteiger partial charge on any atom is 0.164 e. The van der Waals surface area contributed by atoms with E-state index in [0.717, 1.165) is 82.3 Å². The van der Waals surface area contributed by atoms with Crippen LogP contribution >= 0.6 is 11.3 Å². The summed E-state index contributed by atoms with van der Waals surface area (Å²) in [5, 5.41) is 8.80. The molecule has 62 heavy (non-hydrogen) atoms. The SMILES string of the molecule is C=C/C(c1nc(-c2ccccc2)nc(-c2ccc3ccccc3c2)n1)=c1\c(=C/C)oc2ccc(-c3cccc4oc5ccc(-c6ccc7c(c6)sc6ccccc67)cc5c34)cc12. The zero-order chi connectivity index (χ0) is 41.3. The molecule has 0 saturated carbocycles. The van der Waals surface area contributed by atoms with Gasteiger partial charge in [-0.05, 0) is 94.6 Å². The van der Waals surface area contributed by atoms with E-state index in [-0.39, 0.29) is 0 Å². The Morgan fingerprint density at radius 3 is 2.05 bits per heavy atom. The van der Waals surface area contributed by atoms with Crippen LogP contribution in [0.5, 0.6) is 0 Å². The minimum Gasteiger partial charge on any atom is -0.456 e. The number of thiophene rings is 1. The number of hydrogen-bond donors (Lipinski definition) is 0. The number of hydrogen-bond acceptors (Lipinski definition) is 6. The summed E-state index contributed by atoms with van der Waals surface area (Å²) >= 11 is 1.84. The predicted molar refractivity (Wildman–Crippen MR) is 258 cm³/mol. The van der Waals surface area contributed by atoms with Gasteiger partial charge in [-0.15, -0.1) is 11.3 Å². The van der Waals surface area contributed by atoms with Gasteiger partial charge in [0.05, 0.1) is 0 Å². The van der Waals surface area contributed by atoms with Crippen LogP contribution in [0, 0.1) is 0 Å². The number of rotatable bonds is 6. The van der Waals surface area contributed by atoms with Crippen LogP contribution in [0.4, 0.5) is 0 Å². The van der Waals surface area contributed by atoms with Gasteiger partial charge in [0.2, 0.25) is 0 Å². The Morgan fingerprint density at radius 1 is 0.500 bits per heavy atom. The summed E-state index contributed by atoms with van der Waals surface area (Å²) in [5.74, 6) is 1.67. The van der Waals surface area contributed by atoms with Gasteiger partial charge in [0.1, 0.15) is 22.2 Å². The molecule has 4 heterocycles. The number of nitrogens with zero attached hydrogens (tertiary/aromatic N) is 3. The normalized spacial score (nSPS) is 12.7. The zero-order valence-corrected chi connectivity index (χ0v) is 34.4. The summed E-state index contributed by atoms with van der Waals surface area (Å²) in [6.45, 7) is 6.31. The van der Waals surface area contributed by atoms with E-state index in [9.17, 15) is 0 Å². The van der Waals surface area contributed by atoms with Crippen molar-refractivity contribution in [1.29, 1.82) is 0 Å². The Balaban J connectivity index is 1.04. The lowest BCUT2D eigenvalue weighted by Gasteiger charge is -2.10. The van der Waals surface area contributed by atoms with E-state index in [1.807, 2.05) is 72.9 Å². The van der Waals surface area contributed by atoms with Crippen LogP contribution in [0.2, 0.25) is 0 Å². The molecule has 0 fully saturated rings. The molecule has 12 rings (SSSR count). The van der Waals surface area contributed by atoms with Gasteiger partial charge in [0, 0.05) is 58.2 Å². The standard InChI is InChI=1S/C56H35N3O2S/c1-3-40(56-58-54(34-14-6-5-7-15-34)57-55(59-56)39-22-21-33-13-8-9-16-35(33)29-39)52-45-31-38(25-28-47(45)60-46(52)4-2)41-18-12-19-49-53(41)44-30-36(24-27-48(44)61-49)37-23-26-43-42-17-10-11-20-50(42)62-51(43)32-37/h3-32H,1H2,2H3/b46-4+,52-40+. The van der Waals surface area contributed by atoms with E-state index in [1.165, 1.54) is 25.7 Å². The van der Waals surface area contributed by atoms with Crippen LogP contribution in [0.1, 0.15) is 12.7 Å². The fourth-order valence-corrected chi connectivity index (χ4v) is 10.0. The van der Waals surface area contributed by atoms with E-state index in [1.54, 1.807) is 0 Å². The third-order valence-corrected chi connectivity index (χ3v) is 13.0. The van der Waals surface area contributed by atoms with E-state index in [2.05, 4.69) is 134 Å².